The molecule has 1 aromatic rings. The van der Waals surface area contributed by atoms with Crippen LogP contribution >= 0.6 is 0 Å². The molecule has 96 valence electrons. The molecule has 18 heavy (non-hydrogen) atoms. The van der Waals surface area contributed by atoms with Gasteiger partial charge in [0.2, 0.25) is 0 Å². The largest absolute Gasteiger partial charge is 0.396 e. The van der Waals surface area contributed by atoms with Crippen molar-refractivity contribution in [1.82, 2.24) is 4.98 Å². The van der Waals surface area contributed by atoms with Crippen LogP contribution < -0.4 is 10.6 Å². The minimum atomic E-state index is 0.502. The van der Waals surface area contributed by atoms with Gasteiger partial charge in [-0.3, -0.25) is 0 Å². The van der Waals surface area contributed by atoms with Gasteiger partial charge in [0.25, 0.3) is 0 Å². The van der Waals surface area contributed by atoms with Crippen LogP contribution in [0.5, 0.6) is 0 Å². The van der Waals surface area contributed by atoms with Crippen LogP contribution in [0.15, 0.2) is 12.3 Å². The second kappa shape index (κ2) is 5.69. The minimum absolute atomic E-state index is 0.502. The fraction of sp³-hybridized carbons (Fsp3) is 0.538. The SMILES string of the molecule is COCC1CCCN(c2ncc(C#N)cc2N)C1. The zero-order valence-corrected chi connectivity index (χ0v) is 10.6. The molecule has 1 saturated heterocycles. The number of piperidine rings is 1. The minimum Gasteiger partial charge on any atom is -0.396 e. The summed E-state index contributed by atoms with van der Waals surface area (Å²) in [5, 5.41) is 8.80. The van der Waals surface area contributed by atoms with Crippen molar-refractivity contribution in [3.05, 3.63) is 17.8 Å². The van der Waals surface area contributed by atoms with Crippen LogP contribution in [0.4, 0.5) is 11.5 Å². The van der Waals surface area contributed by atoms with Crippen molar-refractivity contribution < 1.29 is 4.74 Å². The average molecular weight is 246 g/mol. The number of ether oxygens (including phenoxy) is 1. The summed E-state index contributed by atoms with van der Waals surface area (Å²) >= 11 is 0. The Balaban J connectivity index is 2.13. The molecule has 2 N–H and O–H groups in total. The molecule has 0 aliphatic carbocycles. The maximum Gasteiger partial charge on any atom is 0.151 e. The van der Waals surface area contributed by atoms with Gasteiger partial charge in [0.15, 0.2) is 5.82 Å². The Morgan fingerprint density at radius 1 is 1.67 bits per heavy atom. The maximum absolute atomic E-state index is 8.80. The predicted molar refractivity (Wildman–Crippen MR) is 70.2 cm³/mol. The second-order valence-corrected chi connectivity index (χ2v) is 4.66. The van der Waals surface area contributed by atoms with Crippen molar-refractivity contribution in [2.75, 3.05) is 37.4 Å². The molecule has 0 bridgehead atoms. The molecule has 1 aliphatic heterocycles. The highest BCUT2D eigenvalue weighted by Gasteiger charge is 2.22. The first-order chi connectivity index (χ1) is 8.74. The summed E-state index contributed by atoms with van der Waals surface area (Å²) in [4.78, 5) is 6.49. The van der Waals surface area contributed by atoms with E-state index in [-0.39, 0.29) is 0 Å². The van der Waals surface area contributed by atoms with Crippen LogP contribution in [-0.2, 0) is 4.74 Å². The first-order valence-corrected chi connectivity index (χ1v) is 6.14. The van der Waals surface area contributed by atoms with Crippen LogP contribution in [0.2, 0.25) is 0 Å². The lowest BCUT2D eigenvalue weighted by atomic mass is 9.99. The van der Waals surface area contributed by atoms with E-state index in [9.17, 15) is 0 Å². The van der Waals surface area contributed by atoms with Gasteiger partial charge in [0.1, 0.15) is 6.07 Å². The Labute approximate surface area is 107 Å². The van der Waals surface area contributed by atoms with Crippen molar-refractivity contribution >= 4 is 11.5 Å². The monoisotopic (exact) mass is 246 g/mol. The van der Waals surface area contributed by atoms with E-state index in [1.54, 1.807) is 19.4 Å². The van der Waals surface area contributed by atoms with Crippen molar-refractivity contribution in [3.63, 3.8) is 0 Å². The summed E-state index contributed by atoms with van der Waals surface area (Å²) in [5.74, 6) is 1.32. The second-order valence-electron chi connectivity index (χ2n) is 4.66. The number of nitriles is 1. The number of nitrogens with two attached hydrogens (primary N) is 1. The molecule has 5 heteroatoms. The normalized spacial score (nSPS) is 19.6. The van der Waals surface area contributed by atoms with Crippen LogP contribution in [0.1, 0.15) is 18.4 Å². The van der Waals surface area contributed by atoms with Crippen molar-refractivity contribution in [2.45, 2.75) is 12.8 Å². The molecule has 1 atom stereocenters. The van der Waals surface area contributed by atoms with Gasteiger partial charge in [-0.25, -0.2) is 4.98 Å². The molecule has 2 heterocycles. The van der Waals surface area contributed by atoms with Gasteiger partial charge in [-0.2, -0.15) is 5.26 Å². The van der Waals surface area contributed by atoms with Gasteiger partial charge < -0.3 is 15.4 Å². The van der Waals surface area contributed by atoms with Crippen LogP contribution in [0.25, 0.3) is 0 Å². The zero-order chi connectivity index (χ0) is 13.0. The summed E-state index contributed by atoms with van der Waals surface area (Å²) in [6.07, 6.45) is 3.88. The molecule has 1 aliphatic rings. The molecule has 0 spiro atoms. The summed E-state index contributed by atoms with van der Waals surface area (Å²) in [7, 11) is 1.73. The van der Waals surface area contributed by atoms with E-state index >= 15 is 0 Å². The highest BCUT2D eigenvalue weighted by Crippen LogP contribution is 2.26. The Kier molecular flexibility index (Phi) is 4.00. The number of pyridine rings is 1. The van der Waals surface area contributed by atoms with E-state index in [1.807, 2.05) is 6.07 Å². The lowest BCUT2D eigenvalue weighted by molar-refractivity contribution is 0.143. The van der Waals surface area contributed by atoms with Gasteiger partial charge in [0.05, 0.1) is 17.9 Å². The lowest BCUT2D eigenvalue weighted by Crippen LogP contribution is -2.38. The highest BCUT2D eigenvalue weighted by molar-refractivity contribution is 5.64. The number of hydrogen-bond donors (Lipinski definition) is 1. The number of aromatic nitrogens is 1. The Hall–Kier alpha value is -1.80. The van der Waals surface area contributed by atoms with Gasteiger partial charge >= 0.3 is 0 Å². The van der Waals surface area contributed by atoms with Gasteiger partial charge in [-0.15, -0.1) is 0 Å². The summed E-state index contributed by atoms with van der Waals surface area (Å²) in [6, 6.07) is 3.73. The zero-order valence-electron chi connectivity index (χ0n) is 10.6. The molecular weight excluding hydrogens is 228 g/mol. The first kappa shape index (κ1) is 12.7. The molecule has 0 radical (unpaired) electrons. The number of hydrogen-bond acceptors (Lipinski definition) is 5. The third kappa shape index (κ3) is 2.71. The molecule has 1 unspecified atom stereocenters. The molecule has 2 rings (SSSR count). The van der Waals surface area contributed by atoms with E-state index in [2.05, 4.69) is 9.88 Å². The number of methoxy groups -OCH3 is 1. The highest BCUT2D eigenvalue weighted by atomic mass is 16.5. The maximum atomic E-state index is 8.80. The van der Waals surface area contributed by atoms with E-state index < -0.39 is 0 Å². The number of anilines is 2. The third-order valence-corrected chi connectivity index (χ3v) is 3.25. The molecular formula is C13H18N4O. The summed E-state index contributed by atoms with van der Waals surface area (Å²) in [6.45, 7) is 2.65. The fourth-order valence-corrected chi connectivity index (χ4v) is 2.43. The van der Waals surface area contributed by atoms with E-state index in [0.29, 0.717) is 17.2 Å². The average Bonchev–Trinajstić information content (AvgIpc) is 2.39. The smallest absolute Gasteiger partial charge is 0.151 e. The van der Waals surface area contributed by atoms with E-state index in [1.165, 1.54) is 6.42 Å². The van der Waals surface area contributed by atoms with Gasteiger partial charge in [-0.1, -0.05) is 0 Å². The van der Waals surface area contributed by atoms with E-state index in [4.69, 9.17) is 15.7 Å². The quantitative estimate of drug-likeness (QED) is 0.872. The first-order valence-electron chi connectivity index (χ1n) is 6.14. The topological polar surface area (TPSA) is 75.2 Å². The van der Waals surface area contributed by atoms with E-state index in [0.717, 1.165) is 31.9 Å². The van der Waals surface area contributed by atoms with Crippen LogP contribution in [0.3, 0.4) is 0 Å². The predicted octanol–water partition coefficient (Wildman–Crippen LogP) is 1.40. The Bertz CT molecular complexity index is 453. The number of nitrogens with zero attached hydrogens (tertiary/aromatic N) is 3. The number of nitrogen functional groups attached to an aromatic ring is 1. The standard InChI is InChI=1S/C13H18N4O/c1-18-9-10-3-2-4-17(8-10)13-12(15)5-11(6-14)7-16-13/h5,7,10H,2-4,8-9,15H2,1H3. The van der Waals surface area contributed by atoms with Crippen LogP contribution in [0, 0.1) is 17.2 Å². The lowest BCUT2D eigenvalue weighted by Gasteiger charge is -2.33. The van der Waals surface area contributed by atoms with Gasteiger partial charge in [-0.05, 0) is 24.8 Å². The van der Waals surface area contributed by atoms with Crippen molar-refractivity contribution in [2.24, 2.45) is 5.92 Å². The van der Waals surface area contributed by atoms with Crippen LogP contribution in [-0.4, -0.2) is 31.8 Å². The molecule has 5 nitrogen and oxygen atoms in total. The van der Waals surface area contributed by atoms with Crippen molar-refractivity contribution in [1.29, 1.82) is 5.26 Å². The third-order valence-electron chi connectivity index (χ3n) is 3.25. The summed E-state index contributed by atoms with van der Waals surface area (Å²) < 4.78 is 5.21. The number of rotatable bonds is 3. The molecule has 0 saturated carbocycles. The Morgan fingerprint density at radius 2 is 2.50 bits per heavy atom. The molecule has 0 amide bonds. The molecule has 1 aromatic heterocycles. The van der Waals surface area contributed by atoms with Crippen molar-refractivity contribution in [3.8, 4) is 6.07 Å². The fourth-order valence-electron chi connectivity index (χ4n) is 2.43. The summed E-state index contributed by atoms with van der Waals surface area (Å²) in [5.41, 5.74) is 7.04. The molecule has 1 fully saturated rings. The van der Waals surface area contributed by atoms with Gasteiger partial charge in [0, 0.05) is 26.4 Å². The molecule has 0 aromatic carbocycles. The Morgan fingerprint density at radius 3 is 3.17 bits per heavy atom.